The monoisotopic (exact) mass is 496 g/mol. The number of hydrogen-bond acceptors (Lipinski definition) is 3. The van der Waals surface area contributed by atoms with Crippen LogP contribution in [0.25, 0.3) is 10.8 Å². The van der Waals surface area contributed by atoms with E-state index in [9.17, 15) is 22.0 Å². The molecule has 0 aliphatic carbocycles. The summed E-state index contributed by atoms with van der Waals surface area (Å²) in [5, 5.41) is -0.0365. The minimum Gasteiger partial charge on any atom is -0.385 e. The van der Waals surface area contributed by atoms with Gasteiger partial charge < -0.3 is 4.74 Å². The van der Waals surface area contributed by atoms with Gasteiger partial charge in [-0.05, 0) is 66.1 Å². The van der Waals surface area contributed by atoms with Crippen molar-refractivity contribution in [2.75, 3.05) is 13.7 Å². The summed E-state index contributed by atoms with van der Waals surface area (Å²) in [6.45, 7) is 0.655. The van der Waals surface area contributed by atoms with Gasteiger partial charge >= 0.3 is 0 Å². The van der Waals surface area contributed by atoms with Crippen molar-refractivity contribution in [1.29, 1.82) is 0 Å². The average Bonchev–Trinajstić information content (AvgIpc) is 2.86. The van der Waals surface area contributed by atoms with Crippen molar-refractivity contribution in [3.05, 3.63) is 106 Å². The molecule has 0 N–H and O–H groups in total. The Bertz CT molecular complexity index is 1440. The van der Waals surface area contributed by atoms with Crippen LogP contribution >= 0.6 is 0 Å². The predicted octanol–water partition coefficient (Wildman–Crippen LogP) is 6.09. The molecular weight excluding hydrogens is 475 g/mol. The molecule has 3 aromatic carbocycles. The zero-order chi connectivity index (χ0) is 25.7. The van der Waals surface area contributed by atoms with Crippen LogP contribution < -0.4 is 0 Å². The second-order valence-corrected chi connectivity index (χ2v) is 8.21. The summed E-state index contributed by atoms with van der Waals surface area (Å²) in [5.74, 6) is -0.257. The lowest BCUT2D eigenvalue weighted by atomic mass is 10.0. The zero-order valence-corrected chi connectivity index (χ0v) is 19.3. The van der Waals surface area contributed by atoms with Gasteiger partial charge in [0.2, 0.25) is 0 Å². The molecule has 1 aromatic heterocycles. The predicted molar refractivity (Wildman–Crippen MR) is 126 cm³/mol. The minimum absolute atomic E-state index is 0.0831. The molecule has 0 aliphatic rings. The SMILES string of the molecule is COCCCc1cnc(CCc2cc(F)c(C#Cc3ccc4c(F)c(F)c(F)cc4c3)c(F)c2)nc1. The first kappa shape index (κ1) is 25.3. The lowest BCUT2D eigenvalue weighted by Gasteiger charge is -2.05. The molecule has 8 heteroatoms. The van der Waals surface area contributed by atoms with E-state index in [1.54, 1.807) is 19.5 Å². The molecule has 0 spiro atoms. The molecular formula is C28H21F5N2O. The molecule has 184 valence electrons. The fourth-order valence-corrected chi connectivity index (χ4v) is 3.72. The molecule has 0 unspecified atom stereocenters. The quantitative estimate of drug-likeness (QED) is 0.134. The topological polar surface area (TPSA) is 35.0 Å². The number of rotatable bonds is 7. The second-order valence-electron chi connectivity index (χ2n) is 8.21. The average molecular weight is 496 g/mol. The Morgan fingerprint density at radius 2 is 1.47 bits per heavy atom. The number of aryl methyl sites for hydroxylation is 3. The van der Waals surface area contributed by atoms with Crippen molar-refractivity contribution in [3.63, 3.8) is 0 Å². The lowest BCUT2D eigenvalue weighted by molar-refractivity contribution is 0.195. The van der Waals surface area contributed by atoms with Crippen LogP contribution in [-0.2, 0) is 24.0 Å². The Morgan fingerprint density at radius 3 is 2.17 bits per heavy atom. The number of methoxy groups -OCH3 is 1. The number of halogens is 5. The molecule has 0 saturated carbocycles. The highest BCUT2D eigenvalue weighted by Crippen LogP contribution is 2.24. The summed E-state index contributed by atoms with van der Waals surface area (Å²) in [5.41, 5.74) is 1.26. The summed E-state index contributed by atoms with van der Waals surface area (Å²) < 4.78 is 75.0. The maximum Gasteiger partial charge on any atom is 0.195 e. The summed E-state index contributed by atoms with van der Waals surface area (Å²) in [4.78, 5) is 8.61. The Labute approximate surface area is 205 Å². The van der Waals surface area contributed by atoms with Gasteiger partial charge in [-0.1, -0.05) is 17.9 Å². The molecule has 0 fully saturated rings. The highest BCUT2D eigenvalue weighted by atomic mass is 19.2. The van der Waals surface area contributed by atoms with E-state index in [1.165, 1.54) is 30.3 Å². The van der Waals surface area contributed by atoms with E-state index >= 15 is 0 Å². The minimum atomic E-state index is -1.56. The van der Waals surface area contributed by atoms with Crippen LogP contribution in [0.2, 0.25) is 0 Å². The van der Waals surface area contributed by atoms with E-state index in [4.69, 9.17) is 4.74 Å². The first-order valence-electron chi connectivity index (χ1n) is 11.2. The van der Waals surface area contributed by atoms with Crippen molar-refractivity contribution in [3.8, 4) is 11.8 Å². The number of nitrogens with zero attached hydrogens (tertiary/aromatic N) is 2. The van der Waals surface area contributed by atoms with E-state index < -0.39 is 34.6 Å². The van der Waals surface area contributed by atoms with Crippen LogP contribution in [0.5, 0.6) is 0 Å². The van der Waals surface area contributed by atoms with E-state index in [2.05, 4.69) is 21.8 Å². The zero-order valence-electron chi connectivity index (χ0n) is 19.3. The van der Waals surface area contributed by atoms with Crippen LogP contribution in [0, 0.1) is 40.9 Å². The van der Waals surface area contributed by atoms with Crippen LogP contribution in [-0.4, -0.2) is 23.7 Å². The summed E-state index contributed by atoms with van der Waals surface area (Å²) in [6.07, 6.45) is 5.90. The Balaban J connectivity index is 1.46. The smallest absolute Gasteiger partial charge is 0.195 e. The van der Waals surface area contributed by atoms with Crippen LogP contribution in [0.4, 0.5) is 22.0 Å². The Hall–Kier alpha value is -3.83. The lowest BCUT2D eigenvalue weighted by Crippen LogP contribution is -2.02. The highest BCUT2D eigenvalue weighted by Gasteiger charge is 2.14. The molecule has 4 rings (SSSR count). The van der Waals surface area contributed by atoms with Crippen molar-refractivity contribution in [2.45, 2.75) is 25.7 Å². The third kappa shape index (κ3) is 5.86. The van der Waals surface area contributed by atoms with Gasteiger partial charge in [0.15, 0.2) is 17.5 Å². The van der Waals surface area contributed by atoms with Gasteiger partial charge in [-0.3, -0.25) is 0 Å². The van der Waals surface area contributed by atoms with Crippen LogP contribution in [0.15, 0.2) is 48.8 Å². The van der Waals surface area contributed by atoms with Gasteiger partial charge in [0, 0.05) is 43.5 Å². The van der Waals surface area contributed by atoms with Crippen molar-refractivity contribution < 1.29 is 26.7 Å². The normalized spacial score (nSPS) is 10.9. The molecule has 4 aromatic rings. The Kier molecular flexibility index (Phi) is 7.91. The molecule has 0 aliphatic heterocycles. The van der Waals surface area contributed by atoms with Gasteiger partial charge in [0.05, 0.1) is 5.56 Å². The molecule has 0 bridgehead atoms. The van der Waals surface area contributed by atoms with Crippen molar-refractivity contribution >= 4 is 10.8 Å². The third-order valence-corrected chi connectivity index (χ3v) is 5.62. The Morgan fingerprint density at radius 1 is 0.750 bits per heavy atom. The van der Waals surface area contributed by atoms with E-state index in [0.717, 1.165) is 24.5 Å². The maximum absolute atomic E-state index is 14.6. The van der Waals surface area contributed by atoms with E-state index in [-0.39, 0.29) is 16.3 Å². The van der Waals surface area contributed by atoms with Crippen molar-refractivity contribution in [1.82, 2.24) is 9.97 Å². The summed E-state index contributed by atoms with van der Waals surface area (Å²) >= 11 is 0. The van der Waals surface area contributed by atoms with Gasteiger partial charge in [0.25, 0.3) is 0 Å². The summed E-state index contributed by atoms with van der Waals surface area (Å²) in [7, 11) is 1.64. The summed E-state index contributed by atoms with van der Waals surface area (Å²) in [6, 6.07) is 7.18. The number of hydrogen-bond donors (Lipinski definition) is 0. The molecule has 3 nitrogen and oxygen atoms in total. The molecule has 1 heterocycles. The molecule has 0 radical (unpaired) electrons. The van der Waals surface area contributed by atoms with E-state index in [0.29, 0.717) is 30.8 Å². The second kappa shape index (κ2) is 11.3. The molecule has 0 saturated heterocycles. The molecule has 36 heavy (non-hydrogen) atoms. The molecule has 0 amide bonds. The fourth-order valence-electron chi connectivity index (χ4n) is 3.72. The maximum atomic E-state index is 14.6. The third-order valence-electron chi connectivity index (χ3n) is 5.62. The van der Waals surface area contributed by atoms with Gasteiger partial charge in [-0.25, -0.2) is 31.9 Å². The largest absolute Gasteiger partial charge is 0.385 e. The number of fused-ring (bicyclic) bond motifs is 1. The highest BCUT2D eigenvalue weighted by molar-refractivity contribution is 5.84. The first-order valence-corrected chi connectivity index (χ1v) is 11.2. The van der Waals surface area contributed by atoms with Crippen LogP contribution in [0.1, 0.15) is 34.5 Å². The number of ether oxygens (including phenoxy) is 1. The van der Waals surface area contributed by atoms with E-state index in [1.807, 2.05) is 0 Å². The number of benzene rings is 3. The number of aromatic nitrogens is 2. The van der Waals surface area contributed by atoms with Gasteiger partial charge in [-0.15, -0.1) is 0 Å². The van der Waals surface area contributed by atoms with Crippen LogP contribution in [0.3, 0.4) is 0 Å². The van der Waals surface area contributed by atoms with Gasteiger partial charge in [0.1, 0.15) is 17.5 Å². The standard InChI is InChI=1S/C28H21F5N2O/c1-36-10-2-3-19-15-34-26(35-16-19)9-6-18-12-23(29)22(24(30)13-18)8-5-17-4-7-21-20(11-17)14-25(31)28(33)27(21)32/h4,7,11-16H,2-3,6,9-10H2,1H3. The molecule has 0 atom stereocenters. The van der Waals surface area contributed by atoms with Crippen molar-refractivity contribution in [2.24, 2.45) is 0 Å². The first-order chi connectivity index (χ1) is 17.4. The fraction of sp³-hybridized carbons (Fsp3) is 0.214. The van der Waals surface area contributed by atoms with Gasteiger partial charge in [-0.2, -0.15) is 0 Å².